The number of alkyl halides is 3. The molecule has 0 aromatic heterocycles. The molecule has 0 radical (unpaired) electrons. The van der Waals surface area contributed by atoms with Gasteiger partial charge in [-0.05, 0) is 18.1 Å². The van der Waals surface area contributed by atoms with Crippen LogP contribution < -0.4 is 5.32 Å². The number of aliphatic imine (C=N–C) groups is 1. The van der Waals surface area contributed by atoms with Crippen molar-refractivity contribution in [1.29, 1.82) is 0 Å². The normalized spacial score (nSPS) is 17.1. The zero-order valence-corrected chi connectivity index (χ0v) is 18.3. The van der Waals surface area contributed by atoms with Gasteiger partial charge in [0, 0.05) is 39.6 Å². The molecule has 28 heavy (non-hydrogen) atoms. The molecule has 2 rings (SSSR count). The summed E-state index contributed by atoms with van der Waals surface area (Å²) in [6.07, 6.45) is -1.94. The van der Waals surface area contributed by atoms with Crippen molar-refractivity contribution in [2.24, 2.45) is 4.99 Å². The Balaban J connectivity index is 0.00000392. The Hall–Kier alpha value is -1.78. The van der Waals surface area contributed by atoms with Gasteiger partial charge in [0.1, 0.15) is 6.54 Å². The molecule has 0 saturated carbocycles. The number of halogens is 4. The van der Waals surface area contributed by atoms with E-state index in [0.29, 0.717) is 31.2 Å². The minimum atomic E-state index is -4.35. The number of likely N-dealkylation sites (tertiary alicyclic amines) is 1. The van der Waals surface area contributed by atoms with Gasteiger partial charge in [-0.15, -0.1) is 30.6 Å². The van der Waals surface area contributed by atoms with Gasteiger partial charge in [0.15, 0.2) is 5.96 Å². The summed E-state index contributed by atoms with van der Waals surface area (Å²) in [4.78, 5) is 19.6. The summed E-state index contributed by atoms with van der Waals surface area (Å²) in [7, 11) is 3.32. The van der Waals surface area contributed by atoms with Crippen LogP contribution in [-0.4, -0.2) is 61.9 Å². The van der Waals surface area contributed by atoms with Gasteiger partial charge < -0.3 is 15.1 Å². The highest BCUT2D eigenvalue weighted by Crippen LogP contribution is 2.33. The number of nitrogens with zero attached hydrogens (tertiary/aromatic N) is 3. The number of benzene rings is 1. The maximum absolute atomic E-state index is 13.0. The molecule has 1 saturated heterocycles. The summed E-state index contributed by atoms with van der Waals surface area (Å²) >= 11 is 0. The van der Waals surface area contributed by atoms with Crippen LogP contribution in [0.3, 0.4) is 0 Å². The number of carbonyl (C=O) groups is 1. The van der Waals surface area contributed by atoms with Gasteiger partial charge in [0.25, 0.3) is 0 Å². The van der Waals surface area contributed by atoms with Crippen molar-refractivity contribution in [2.75, 3.05) is 40.3 Å². The second kappa shape index (κ2) is 10.7. The van der Waals surface area contributed by atoms with Crippen LogP contribution in [0.4, 0.5) is 13.2 Å². The van der Waals surface area contributed by atoms with Crippen LogP contribution in [0, 0.1) is 0 Å². The largest absolute Gasteiger partial charge is 0.416 e. The standard InChI is InChI=1S/C19H25F3N4O.HI/c1-4-9-23-18(24-12-17(27)25(2)3)26-10-8-15(13-26)14-6-5-7-16(11-14)19(20,21)22;/h4-7,11,15H,1,8-10,12-13H2,2-3H3,(H,23,24);1H. The minimum absolute atomic E-state index is 0. The number of nitrogens with one attached hydrogen (secondary N) is 1. The van der Waals surface area contributed by atoms with Crippen molar-refractivity contribution in [1.82, 2.24) is 15.1 Å². The Morgan fingerprint density at radius 1 is 1.43 bits per heavy atom. The van der Waals surface area contributed by atoms with E-state index in [1.807, 2.05) is 4.90 Å². The molecule has 5 nitrogen and oxygen atoms in total. The summed E-state index contributed by atoms with van der Waals surface area (Å²) < 4.78 is 38.9. The number of rotatable bonds is 5. The van der Waals surface area contributed by atoms with E-state index >= 15 is 0 Å². The first-order valence-electron chi connectivity index (χ1n) is 8.74. The summed E-state index contributed by atoms with van der Waals surface area (Å²) in [5.74, 6) is 0.425. The van der Waals surface area contributed by atoms with E-state index in [1.54, 1.807) is 26.2 Å². The van der Waals surface area contributed by atoms with E-state index < -0.39 is 11.7 Å². The molecular formula is C19H26F3IN4O. The van der Waals surface area contributed by atoms with Gasteiger partial charge in [0.2, 0.25) is 5.91 Å². The van der Waals surface area contributed by atoms with Crippen molar-refractivity contribution >= 4 is 35.8 Å². The monoisotopic (exact) mass is 510 g/mol. The molecule has 1 atom stereocenters. The number of guanidine groups is 1. The number of amides is 1. The average molecular weight is 510 g/mol. The predicted molar refractivity (Wildman–Crippen MR) is 115 cm³/mol. The molecular weight excluding hydrogens is 484 g/mol. The lowest BCUT2D eigenvalue weighted by Gasteiger charge is -2.22. The Kier molecular flexibility index (Phi) is 9.25. The first kappa shape index (κ1) is 24.3. The summed E-state index contributed by atoms with van der Waals surface area (Å²) in [5.41, 5.74) is 0.0356. The summed E-state index contributed by atoms with van der Waals surface area (Å²) in [5, 5.41) is 3.12. The fraction of sp³-hybridized carbons (Fsp3) is 0.474. The summed E-state index contributed by atoms with van der Waals surface area (Å²) in [6.45, 7) is 5.35. The van der Waals surface area contributed by atoms with Crippen molar-refractivity contribution < 1.29 is 18.0 Å². The lowest BCUT2D eigenvalue weighted by molar-refractivity contribution is -0.137. The van der Waals surface area contributed by atoms with E-state index in [-0.39, 0.29) is 42.3 Å². The van der Waals surface area contributed by atoms with Crippen LogP contribution in [-0.2, 0) is 11.0 Å². The predicted octanol–water partition coefficient (Wildman–Crippen LogP) is 3.33. The molecule has 1 unspecified atom stereocenters. The molecule has 1 aromatic rings. The molecule has 0 bridgehead atoms. The first-order chi connectivity index (χ1) is 12.7. The highest BCUT2D eigenvalue weighted by molar-refractivity contribution is 14.0. The summed E-state index contributed by atoms with van der Waals surface area (Å²) in [6, 6.07) is 5.48. The molecule has 1 N–H and O–H groups in total. The molecule has 1 amide bonds. The number of hydrogen-bond donors (Lipinski definition) is 1. The smallest absolute Gasteiger partial charge is 0.353 e. The Morgan fingerprint density at radius 3 is 2.75 bits per heavy atom. The Morgan fingerprint density at radius 2 is 2.14 bits per heavy atom. The third-order valence-electron chi connectivity index (χ3n) is 4.44. The topological polar surface area (TPSA) is 47.9 Å². The second-order valence-corrected chi connectivity index (χ2v) is 6.65. The zero-order chi connectivity index (χ0) is 20.0. The molecule has 0 aliphatic carbocycles. The molecule has 1 aromatic carbocycles. The van der Waals surface area contributed by atoms with Gasteiger partial charge in [-0.25, -0.2) is 4.99 Å². The van der Waals surface area contributed by atoms with Crippen LogP contribution in [0.25, 0.3) is 0 Å². The fourth-order valence-corrected chi connectivity index (χ4v) is 2.91. The van der Waals surface area contributed by atoms with Crippen LogP contribution >= 0.6 is 24.0 Å². The SMILES string of the molecule is C=CCNC(=NCC(=O)N(C)C)N1CCC(c2cccc(C(F)(F)F)c2)C1.I. The third kappa shape index (κ3) is 6.68. The molecule has 0 spiro atoms. The maximum atomic E-state index is 13.0. The van der Waals surface area contributed by atoms with E-state index in [0.717, 1.165) is 12.5 Å². The molecule has 1 fully saturated rings. The van der Waals surface area contributed by atoms with E-state index in [1.165, 1.54) is 17.0 Å². The highest BCUT2D eigenvalue weighted by Gasteiger charge is 2.32. The number of hydrogen-bond acceptors (Lipinski definition) is 2. The van der Waals surface area contributed by atoms with Crippen molar-refractivity contribution in [3.63, 3.8) is 0 Å². The number of carbonyl (C=O) groups excluding carboxylic acids is 1. The molecule has 1 aliphatic heterocycles. The highest BCUT2D eigenvalue weighted by atomic mass is 127. The van der Waals surface area contributed by atoms with E-state index in [4.69, 9.17) is 0 Å². The van der Waals surface area contributed by atoms with Crippen molar-refractivity contribution in [2.45, 2.75) is 18.5 Å². The van der Waals surface area contributed by atoms with Gasteiger partial charge in [0.05, 0.1) is 5.56 Å². The van der Waals surface area contributed by atoms with Gasteiger partial charge in [-0.3, -0.25) is 4.79 Å². The quantitative estimate of drug-likeness (QED) is 0.286. The van der Waals surface area contributed by atoms with E-state index in [9.17, 15) is 18.0 Å². The van der Waals surface area contributed by atoms with Crippen LogP contribution in [0.2, 0.25) is 0 Å². The Bertz CT molecular complexity index is 707. The average Bonchev–Trinajstić information content (AvgIpc) is 3.11. The first-order valence-corrected chi connectivity index (χ1v) is 8.74. The lowest BCUT2D eigenvalue weighted by atomic mass is 9.96. The van der Waals surface area contributed by atoms with Crippen molar-refractivity contribution in [3.05, 3.63) is 48.0 Å². The van der Waals surface area contributed by atoms with Gasteiger partial charge in [-0.2, -0.15) is 13.2 Å². The minimum Gasteiger partial charge on any atom is -0.353 e. The van der Waals surface area contributed by atoms with Gasteiger partial charge >= 0.3 is 6.18 Å². The van der Waals surface area contributed by atoms with E-state index in [2.05, 4.69) is 16.9 Å². The lowest BCUT2D eigenvalue weighted by Crippen LogP contribution is -2.41. The van der Waals surface area contributed by atoms with Crippen LogP contribution in [0.15, 0.2) is 41.9 Å². The zero-order valence-electron chi connectivity index (χ0n) is 16.0. The maximum Gasteiger partial charge on any atom is 0.416 e. The molecule has 9 heteroatoms. The third-order valence-corrected chi connectivity index (χ3v) is 4.44. The van der Waals surface area contributed by atoms with Crippen LogP contribution in [0.5, 0.6) is 0 Å². The number of likely N-dealkylation sites (N-methyl/N-ethyl adjacent to an activating group) is 1. The fourth-order valence-electron chi connectivity index (χ4n) is 2.91. The van der Waals surface area contributed by atoms with Crippen molar-refractivity contribution in [3.8, 4) is 0 Å². The van der Waals surface area contributed by atoms with Crippen LogP contribution in [0.1, 0.15) is 23.5 Å². The molecule has 1 aliphatic rings. The molecule has 156 valence electrons. The Labute approximate surface area is 180 Å². The molecule has 1 heterocycles. The second-order valence-electron chi connectivity index (χ2n) is 6.65. The van der Waals surface area contributed by atoms with Gasteiger partial charge in [-0.1, -0.05) is 24.3 Å².